The summed E-state index contributed by atoms with van der Waals surface area (Å²) >= 11 is 7.51. The van der Waals surface area contributed by atoms with Crippen molar-refractivity contribution in [3.8, 4) is 0 Å². The maximum Gasteiger partial charge on any atom is 0.321 e. The van der Waals surface area contributed by atoms with Gasteiger partial charge in [-0.2, -0.15) is 0 Å². The third kappa shape index (κ3) is 4.41. The maximum atomic E-state index is 12.1. The van der Waals surface area contributed by atoms with Crippen LogP contribution in [0.1, 0.15) is 6.42 Å². The molecule has 23 heavy (non-hydrogen) atoms. The maximum absolute atomic E-state index is 12.1. The Balaban J connectivity index is 1.58. The Morgan fingerprint density at radius 3 is 2.30 bits per heavy atom. The summed E-state index contributed by atoms with van der Waals surface area (Å²) in [7, 11) is 0. The quantitative estimate of drug-likeness (QED) is 0.878. The lowest BCUT2D eigenvalue weighted by molar-refractivity contribution is 0.176. The van der Waals surface area contributed by atoms with Crippen LogP contribution in [0, 0.1) is 0 Å². The van der Waals surface area contributed by atoms with Gasteiger partial charge in [0.05, 0.1) is 6.10 Å². The molecule has 0 unspecified atom stereocenters. The zero-order chi connectivity index (χ0) is 16.2. The number of halogens is 1. The van der Waals surface area contributed by atoms with Crippen LogP contribution in [0.2, 0.25) is 5.02 Å². The van der Waals surface area contributed by atoms with Crippen LogP contribution in [0.5, 0.6) is 0 Å². The number of nitrogens with one attached hydrogen (secondary N) is 1. The molecule has 3 rings (SSSR count). The van der Waals surface area contributed by atoms with Crippen molar-refractivity contribution in [1.82, 2.24) is 4.90 Å². The summed E-state index contributed by atoms with van der Waals surface area (Å²) < 4.78 is 0. The molecule has 120 valence electrons. The molecule has 2 aromatic carbocycles. The van der Waals surface area contributed by atoms with E-state index in [1.54, 1.807) is 16.7 Å². The van der Waals surface area contributed by atoms with Crippen molar-refractivity contribution in [3.63, 3.8) is 0 Å². The molecular weight excluding hydrogens is 332 g/mol. The number of hydrogen-bond donors (Lipinski definition) is 2. The van der Waals surface area contributed by atoms with Crippen LogP contribution in [0.3, 0.4) is 0 Å². The Kier molecular flexibility index (Phi) is 5.10. The first-order chi connectivity index (χ1) is 11.1. The molecule has 1 aliphatic rings. The molecule has 6 heteroatoms. The number of nitrogens with zero attached hydrogens (tertiary/aromatic N) is 1. The predicted octanol–water partition coefficient (Wildman–Crippen LogP) is 4.09. The standard InChI is InChI=1S/C17H17ClN2O2S/c18-12-1-5-15(6-2-12)23-16-7-3-13(4-8-16)19-17(22)20-10-9-14(21)11-20/h1-8,14,21H,9-11H2,(H,19,22)/t14-/m1/s1. The van der Waals surface area contributed by atoms with E-state index in [0.717, 1.165) is 20.5 Å². The monoisotopic (exact) mass is 348 g/mol. The molecule has 2 amide bonds. The van der Waals surface area contributed by atoms with Crippen LogP contribution < -0.4 is 5.32 Å². The molecule has 0 saturated carbocycles. The average molecular weight is 349 g/mol. The minimum absolute atomic E-state index is 0.167. The van der Waals surface area contributed by atoms with E-state index in [9.17, 15) is 9.90 Å². The summed E-state index contributed by atoms with van der Waals surface area (Å²) in [5.74, 6) is 0. The van der Waals surface area contributed by atoms with Gasteiger partial charge in [-0.15, -0.1) is 0 Å². The highest BCUT2D eigenvalue weighted by Gasteiger charge is 2.24. The van der Waals surface area contributed by atoms with Gasteiger partial charge in [0.2, 0.25) is 0 Å². The first-order valence-corrected chi connectivity index (χ1v) is 8.57. The van der Waals surface area contributed by atoms with Crippen LogP contribution in [0.15, 0.2) is 58.3 Å². The van der Waals surface area contributed by atoms with Crippen LogP contribution in [0.25, 0.3) is 0 Å². The van der Waals surface area contributed by atoms with Crippen molar-refractivity contribution in [2.45, 2.75) is 22.3 Å². The number of carbonyl (C=O) groups is 1. The van der Waals surface area contributed by atoms with Gasteiger partial charge < -0.3 is 15.3 Å². The molecule has 1 heterocycles. The molecule has 1 aliphatic heterocycles. The molecule has 1 saturated heterocycles. The van der Waals surface area contributed by atoms with Gasteiger partial charge in [-0.05, 0) is 55.0 Å². The lowest BCUT2D eigenvalue weighted by Crippen LogP contribution is -2.33. The Hall–Kier alpha value is -1.69. The molecule has 0 aliphatic carbocycles. The first kappa shape index (κ1) is 16.2. The van der Waals surface area contributed by atoms with Gasteiger partial charge in [-0.3, -0.25) is 0 Å². The number of benzene rings is 2. The van der Waals surface area contributed by atoms with E-state index >= 15 is 0 Å². The van der Waals surface area contributed by atoms with E-state index < -0.39 is 6.10 Å². The van der Waals surface area contributed by atoms with Gasteiger partial charge in [0.15, 0.2) is 0 Å². The second kappa shape index (κ2) is 7.25. The van der Waals surface area contributed by atoms with E-state index in [-0.39, 0.29) is 6.03 Å². The Morgan fingerprint density at radius 1 is 1.13 bits per heavy atom. The highest BCUT2D eigenvalue weighted by molar-refractivity contribution is 7.99. The van der Waals surface area contributed by atoms with Crippen LogP contribution in [0.4, 0.5) is 10.5 Å². The number of aliphatic hydroxyl groups excluding tert-OH is 1. The Labute approximate surface area is 144 Å². The number of urea groups is 1. The van der Waals surface area contributed by atoms with Crippen LogP contribution in [-0.2, 0) is 0 Å². The molecule has 4 nitrogen and oxygen atoms in total. The number of rotatable bonds is 3. The van der Waals surface area contributed by atoms with Gasteiger partial charge in [-0.1, -0.05) is 23.4 Å². The molecule has 1 atom stereocenters. The third-order valence-electron chi connectivity index (χ3n) is 3.61. The van der Waals surface area contributed by atoms with E-state index in [2.05, 4.69) is 5.32 Å². The number of β-amino-alcohol motifs (C(OH)–C–C–N with tert-alkyl or cyclic N) is 1. The smallest absolute Gasteiger partial charge is 0.321 e. The summed E-state index contributed by atoms with van der Waals surface area (Å²) in [6.07, 6.45) is 0.239. The van der Waals surface area contributed by atoms with Gasteiger partial charge in [0.25, 0.3) is 0 Å². The average Bonchev–Trinajstić information content (AvgIpc) is 2.98. The van der Waals surface area contributed by atoms with E-state index in [1.165, 1.54) is 0 Å². The summed E-state index contributed by atoms with van der Waals surface area (Å²) in [4.78, 5) is 15.9. The highest BCUT2D eigenvalue weighted by atomic mass is 35.5. The van der Waals surface area contributed by atoms with Crippen LogP contribution in [-0.4, -0.2) is 35.2 Å². The Morgan fingerprint density at radius 2 is 1.74 bits per heavy atom. The molecule has 0 aromatic heterocycles. The fraction of sp³-hybridized carbons (Fsp3) is 0.235. The second-order valence-corrected chi connectivity index (χ2v) is 6.98. The van der Waals surface area contributed by atoms with Crippen molar-refractivity contribution in [2.24, 2.45) is 0 Å². The summed E-state index contributed by atoms with van der Waals surface area (Å²) in [6.45, 7) is 0.994. The van der Waals surface area contributed by atoms with Gasteiger partial charge in [0.1, 0.15) is 0 Å². The zero-order valence-corrected chi connectivity index (χ0v) is 14.0. The number of likely N-dealkylation sites (tertiary alicyclic amines) is 1. The summed E-state index contributed by atoms with van der Waals surface area (Å²) in [6, 6.07) is 15.2. The molecule has 0 bridgehead atoms. The normalized spacial score (nSPS) is 17.3. The lowest BCUT2D eigenvalue weighted by Gasteiger charge is -2.16. The highest BCUT2D eigenvalue weighted by Crippen LogP contribution is 2.29. The SMILES string of the molecule is O=C(Nc1ccc(Sc2ccc(Cl)cc2)cc1)N1CC[C@@H](O)C1. The summed E-state index contributed by atoms with van der Waals surface area (Å²) in [5.41, 5.74) is 0.747. The second-order valence-electron chi connectivity index (χ2n) is 5.40. The first-order valence-electron chi connectivity index (χ1n) is 7.37. The molecule has 2 aromatic rings. The van der Waals surface area contributed by atoms with Gasteiger partial charge >= 0.3 is 6.03 Å². The zero-order valence-electron chi connectivity index (χ0n) is 12.4. The molecular formula is C17H17ClN2O2S. The van der Waals surface area contributed by atoms with E-state index in [4.69, 9.17) is 11.6 Å². The van der Waals surface area contributed by atoms with Gasteiger partial charge in [0, 0.05) is 33.6 Å². The number of amides is 2. The Bertz CT molecular complexity index is 676. The topological polar surface area (TPSA) is 52.6 Å². The van der Waals surface area contributed by atoms with E-state index in [1.807, 2.05) is 48.5 Å². The molecule has 0 radical (unpaired) electrons. The van der Waals surface area contributed by atoms with Crippen molar-refractivity contribution in [3.05, 3.63) is 53.6 Å². The molecule has 2 N–H and O–H groups in total. The largest absolute Gasteiger partial charge is 0.391 e. The van der Waals surface area contributed by atoms with Gasteiger partial charge in [-0.25, -0.2) is 4.79 Å². The fourth-order valence-electron chi connectivity index (χ4n) is 2.37. The number of anilines is 1. The van der Waals surface area contributed by atoms with Crippen molar-refractivity contribution in [1.29, 1.82) is 0 Å². The third-order valence-corrected chi connectivity index (χ3v) is 4.87. The van der Waals surface area contributed by atoms with Crippen LogP contribution >= 0.6 is 23.4 Å². The number of carbonyl (C=O) groups excluding carboxylic acids is 1. The van der Waals surface area contributed by atoms with Crippen molar-refractivity contribution >= 4 is 35.1 Å². The fourth-order valence-corrected chi connectivity index (χ4v) is 3.32. The minimum atomic E-state index is -0.404. The molecule has 0 spiro atoms. The summed E-state index contributed by atoms with van der Waals surface area (Å²) in [5, 5.41) is 13.0. The minimum Gasteiger partial charge on any atom is -0.391 e. The van der Waals surface area contributed by atoms with E-state index in [0.29, 0.717) is 19.5 Å². The number of hydrogen-bond acceptors (Lipinski definition) is 3. The lowest BCUT2D eigenvalue weighted by atomic mass is 10.3. The van der Waals surface area contributed by atoms with Crippen molar-refractivity contribution < 1.29 is 9.90 Å². The predicted molar refractivity (Wildman–Crippen MR) is 93.2 cm³/mol. The number of aliphatic hydroxyl groups is 1. The van der Waals surface area contributed by atoms with Crippen molar-refractivity contribution in [2.75, 3.05) is 18.4 Å². The molecule has 1 fully saturated rings.